The number of benzene rings is 1. The number of alkyl carbamates (subject to hydrolysis) is 1. The molecule has 1 saturated heterocycles. The lowest BCUT2D eigenvalue weighted by Gasteiger charge is -2.49. The van der Waals surface area contributed by atoms with E-state index in [1.165, 1.54) is 0 Å². The predicted octanol–water partition coefficient (Wildman–Crippen LogP) is 3.56. The number of carbonyl (C=O) groups excluding carboxylic acids is 2. The van der Waals surface area contributed by atoms with Crippen LogP contribution < -0.4 is 5.32 Å². The number of hydrogen-bond donors (Lipinski definition) is 1. The molecule has 2 aliphatic rings. The molecule has 0 spiro atoms. The second-order valence-corrected chi connectivity index (χ2v) is 8.49. The maximum Gasteiger partial charge on any atom is 0.410 e. The number of nitrogens with one attached hydrogen (secondary N) is 1. The molecule has 6 heteroatoms. The Balaban J connectivity index is 1.58. The SMILES string of the molecule is C[C@@H]1C[C@]2(NC(=O)OC(C)(C)C)CN(C(=O)OCc3ccccc3)C[C@H]12. The number of amides is 2. The molecule has 2 amide bonds. The number of carbonyl (C=O) groups is 2. The van der Waals surface area contributed by atoms with Gasteiger partial charge in [-0.25, -0.2) is 9.59 Å². The molecule has 6 nitrogen and oxygen atoms in total. The van der Waals surface area contributed by atoms with Crippen molar-refractivity contribution in [2.75, 3.05) is 13.1 Å². The van der Waals surface area contributed by atoms with E-state index in [-0.39, 0.29) is 18.6 Å². The Hall–Kier alpha value is -2.24. The van der Waals surface area contributed by atoms with Crippen LogP contribution in [0.25, 0.3) is 0 Å². The molecule has 0 radical (unpaired) electrons. The summed E-state index contributed by atoms with van der Waals surface area (Å²) in [7, 11) is 0. The third-order valence-electron chi connectivity index (χ3n) is 5.19. The number of rotatable bonds is 3. The second kappa shape index (κ2) is 6.82. The summed E-state index contributed by atoms with van der Waals surface area (Å²) in [5, 5.41) is 3.03. The Morgan fingerprint density at radius 1 is 1.27 bits per heavy atom. The van der Waals surface area contributed by atoms with Crippen molar-refractivity contribution in [2.45, 2.75) is 51.9 Å². The van der Waals surface area contributed by atoms with Crippen LogP contribution in [0.5, 0.6) is 0 Å². The summed E-state index contributed by atoms with van der Waals surface area (Å²) < 4.78 is 10.8. The molecule has 1 saturated carbocycles. The van der Waals surface area contributed by atoms with Crippen molar-refractivity contribution < 1.29 is 19.1 Å². The zero-order valence-corrected chi connectivity index (χ0v) is 16.0. The van der Waals surface area contributed by atoms with Crippen LogP contribution in [0.1, 0.15) is 39.7 Å². The normalized spacial score (nSPS) is 27.3. The fourth-order valence-corrected chi connectivity index (χ4v) is 4.07. The van der Waals surface area contributed by atoms with E-state index in [0.29, 0.717) is 19.0 Å². The smallest absolute Gasteiger partial charge is 0.410 e. The van der Waals surface area contributed by atoms with Crippen LogP contribution in [0.3, 0.4) is 0 Å². The van der Waals surface area contributed by atoms with Crippen molar-refractivity contribution in [3.8, 4) is 0 Å². The maximum atomic E-state index is 12.5. The van der Waals surface area contributed by atoms with Gasteiger partial charge in [-0.3, -0.25) is 0 Å². The van der Waals surface area contributed by atoms with Gasteiger partial charge in [-0.15, -0.1) is 0 Å². The largest absolute Gasteiger partial charge is 0.445 e. The summed E-state index contributed by atoms with van der Waals surface area (Å²) in [5.74, 6) is 0.691. The maximum absolute atomic E-state index is 12.5. The van der Waals surface area contributed by atoms with E-state index < -0.39 is 17.2 Å². The van der Waals surface area contributed by atoms with Crippen LogP contribution in [0, 0.1) is 11.8 Å². The fraction of sp³-hybridized carbons (Fsp3) is 0.600. The van der Waals surface area contributed by atoms with Crippen LogP contribution in [0.4, 0.5) is 9.59 Å². The van der Waals surface area contributed by atoms with Gasteiger partial charge in [-0.05, 0) is 38.7 Å². The zero-order valence-electron chi connectivity index (χ0n) is 16.0. The summed E-state index contributed by atoms with van der Waals surface area (Å²) in [6.45, 7) is 8.99. The molecule has 1 heterocycles. The highest BCUT2D eigenvalue weighted by molar-refractivity contribution is 5.71. The lowest BCUT2D eigenvalue weighted by molar-refractivity contribution is 0.0172. The number of fused-ring (bicyclic) bond motifs is 1. The molecule has 2 fully saturated rings. The van der Waals surface area contributed by atoms with Gasteiger partial charge in [0.25, 0.3) is 0 Å². The van der Waals surface area contributed by atoms with Crippen LogP contribution in [-0.2, 0) is 16.1 Å². The van der Waals surface area contributed by atoms with Crippen LogP contribution in [-0.4, -0.2) is 41.3 Å². The van der Waals surface area contributed by atoms with Crippen molar-refractivity contribution in [3.05, 3.63) is 35.9 Å². The first-order valence-electron chi connectivity index (χ1n) is 9.15. The molecule has 0 unspecified atom stereocenters. The standard InChI is InChI=1S/C20H28N2O4/c1-14-10-20(21-17(23)26-19(2,3)4)13-22(11-16(14)20)18(24)25-12-15-8-6-5-7-9-15/h5-9,14,16H,10-13H2,1-4H3,(H,21,23)/t14-,16-,20+/m1/s1. The van der Waals surface area contributed by atoms with Gasteiger partial charge in [0.2, 0.25) is 0 Å². The van der Waals surface area contributed by atoms with E-state index in [2.05, 4.69) is 12.2 Å². The van der Waals surface area contributed by atoms with Crippen molar-refractivity contribution in [1.82, 2.24) is 10.2 Å². The third kappa shape index (κ3) is 3.94. The Morgan fingerprint density at radius 3 is 2.58 bits per heavy atom. The van der Waals surface area contributed by atoms with Crippen LogP contribution in [0.15, 0.2) is 30.3 Å². The Kier molecular flexibility index (Phi) is 4.86. The minimum Gasteiger partial charge on any atom is -0.445 e. The average molecular weight is 360 g/mol. The highest BCUT2D eigenvalue weighted by Gasteiger charge is 2.59. The molecule has 1 aromatic rings. The van der Waals surface area contributed by atoms with Crippen molar-refractivity contribution in [2.24, 2.45) is 11.8 Å². The average Bonchev–Trinajstić information content (AvgIpc) is 2.84. The topological polar surface area (TPSA) is 67.9 Å². The van der Waals surface area contributed by atoms with Gasteiger partial charge in [0.15, 0.2) is 0 Å². The molecular weight excluding hydrogens is 332 g/mol. The number of ether oxygens (including phenoxy) is 2. The van der Waals surface area contributed by atoms with Crippen molar-refractivity contribution in [3.63, 3.8) is 0 Å². The Labute approximate surface area is 154 Å². The molecule has 0 bridgehead atoms. The summed E-state index contributed by atoms with van der Waals surface area (Å²) >= 11 is 0. The lowest BCUT2D eigenvalue weighted by atomic mass is 9.62. The second-order valence-electron chi connectivity index (χ2n) is 8.49. The van der Waals surface area contributed by atoms with Gasteiger partial charge in [0.05, 0.1) is 5.54 Å². The van der Waals surface area contributed by atoms with E-state index >= 15 is 0 Å². The quantitative estimate of drug-likeness (QED) is 0.895. The summed E-state index contributed by atoms with van der Waals surface area (Å²) in [4.78, 5) is 26.4. The minimum atomic E-state index is -0.543. The first-order chi connectivity index (χ1) is 12.2. The lowest BCUT2D eigenvalue weighted by Crippen LogP contribution is -2.64. The summed E-state index contributed by atoms with van der Waals surface area (Å²) in [6, 6.07) is 9.61. The van der Waals surface area contributed by atoms with Gasteiger partial charge in [-0.1, -0.05) is 37.3 Å². The first kappa shape index (κ1) is 18.5. The van der Waals surface area contributed by atoms with Crippen LogP contribution >= 0.6 is 0 Å². The van der Waals surface area contributed by atoms with Crippen molar-refractivity contribution in [1.29, 1.82) is 0 Å². The molecule has 1 aliphatic carbocycles. The van der Waals surface area contributed by atoms with Gasteiger partial charge >= 0.3 is 12.2 Å². The molecule has 3 atom stereocenters. The molecule has 1 N–H and O–H groups in total. The summed E-state index contributed by atoms with van der Waals surface area (Å²) in [6.07, 6.45) is 0.0917. The monoisotopic (exact) mass is 360 g/mol. The Morgan fingerprint density at radius 2 is 1.96 bits per heavy atom. The van der Waals surface area contributed by atoms with Gasteiger partial charge in [0, 0.05) is 19.0 Å². The highest BCUT2D eigenvalue weighted by atomic mass is 16.6. The zero-order chi connectivity index (χ0) is 18.9. The number of nitrogens with zero attached hydrogens (tertiary/aromatic N) is 1. The van der Waals surface area contributed by atoms with E-state index in [1.54, 1.807) is 4.90 Å². The molecule has 1 aliphatic heterocycles. The third-order valence-corrected chi connectivity index (χ3v) is 5.19. The molecular formula is C20H28N2O4. The molecule has 142 valence electrons. The Bertz CT molecular complexity index is 670. The molecule has 26 heavy (non-hydrogen) atoms. The van der Waals surface area contributed by atoms with Crippen molar-refractivity contribution >= 4 is 12.2 Å². The first-order valence-corrected chi connectivity index (χ1v) is 9.15. The van der Waals surface area contributed by atoms with E-state index in [4.69, 9.17) is 9.47 Å². The summed E-state index contributed by atoms with van der Waals surface area (Å²) in [5.41, 5.74) is 0.0180. The number of hydrogen-bond acceptors (Lipinski definition) is 4. The highest BCUT2D eigenvalue weighted by Crippen LogP contribution is 2.49. The number of likely N-dealkylation sites (tertiary alicyclic amines) is 1. The minimum absolute atomic E-state index is 0.235. The van der Waals surface area contributed by atoms with E-state index in [0.717, 1.165) is 12.0 Å². The fourth-order valence-electron chi connectivity index (χ4n) is 4.07. The van der Waals surface area contributed by atoms with Gasteiger partial charge in [0.1, 0.15) is 12.2 Å². The van der Waals surface area contributed by atoms with E-state index in [1.807, 2.05) is 51.1 Å². The molecule has 0 aromatic heterocycles. The molecule has 1 aromatic carbocycles. The van der Waals surface area contributed by atoms with Crippen LogP contribution in [0.2, 0.25) is 0 Å². The van der Waals surface area contributed by atoms with E-state index in [9.17, 15) is 9.59 Å². The molecule has 3 rings (SSSR count). The predicted molar refractivity (Wildman–Crippen MR) is 97.6 cm³/mol. The van der Waals surface area contributed by atoms with Gasteiger partial charge < -0.3 is 19.7 Å². The van der Waals surface area contributed by atoms with Gasteiger partial charge in [-0.2, -0.15) is 0 Å².